The molecule has 1 aromatic carbocycles. The van der Waals surface area contributed by atoms with Crippen molar-refractivity contribution in [3.63, 3.8) is 0 Å². The minimum atomic E-state index is -0.809. The predicted molar refractivity (Wildman–Crippen MR) is 91.9 cm³/mol. The Bertz CT molecular complexity index is 950. The van der Waals surface area contributed by atoms with Gasteiger partial charge in [-0.25, -0.2) is 4.68 Å². The van der Waals surface area contributed by atoms with E-state index in [-0.39, 0.29) is 23.6 Å². The molecule has 0 unspecified atom stereocenters. The van der Waals surface area contributed by atoms with Crippen molar-refractivity contribution in [3.05, 3.63) is 66.4 Å². The van der Waals surface area contributed by atoms with Gasteiger partial charge in [-0.05, 0) is 18.2 Å². The summed E-state index contributed by atoms with van der Waals surface area (Å²) in [5.41, 5.74) is 4.89. The van der Waals surface area contributed by atoms with Crippen LogP contribution in [0.2, 0.25) is 0 Å². The second kappa shape index (κ2) is 7.87. The van der Waals surface area contributed by atoms with Gasteiger partial charge in [-0.3, -0.25) is 25.2 Å². The Morgan fingerprint density at radius 3 is 2.56 bits per heavy atom. The van der Waals surface area contributed by atoms with Crippen LogP contribution in [-0.4, -0.2) is 39.2 Å². The Balaban J connectivity index is 1.52. The Morgan fingerprint density at radius 1 is 1.07 bits per heavy atom. The van der Waals surface area contributed by atoms with Gasteiger partial charge in [0.1, 0.15) is 6.26 Å². The largest absolute Gasteiger partial charge is 0.504 e. The SMILES string of the molecule is O=C(CNC(=O)c1ccoc1)NNC(=O)c1nn(-c2ccccc2)cc1O. The number of hydrogen-bond donors (Lipinski definition) is 4. The van der Waals surface area contributed by atoms with Gasteiger partial charge in [-0.15, -0.1) is 0 Å². The number of aromatic hydroxyl groups is 1. The number of hydrazine groups is 1. The summed E-state index contributed by atoms with van der Waals surface area (Å²) in [7, 11) is 0. The second-order valence-electron chi connectivity index (χ2n) is 5.34. The summed E-state index contributed by atoms with van der Waals surface area (Å²) in [5.74, 6) is -2.32. The number of nitrogens with one attached hydrogen (secondary N) is 3. The number of aromatic nitrogens is 2. The molecule has 3 rings (SSSR count). The lowest BCUT2D eigenvalue weighted by atomic mass is 10.3. The van der Waals surface area contributed by atoms with Crippen LogP contribution in [-0.2, 0) is 4.79 Å². The van der Waals surface area contributed by atoms with Gasteiger partial charge in [-0.1, -0.05) is 18.2 Å². The topological polar surface area (TPSA) is 138 Å². The van der Waals surface area contributed by atoms with Crippen LogP contribution in [0.4, 0.5) is 0 Å². The molecule has 27 heavy (non-hydrogen) atoms. The Labute approximate surface area is 152 Å². The molecule has 0 spiro atoms. The van der Waals surface area contributed by atoms with E-state index in [9.17, 15) is 19.5 Å². The number of furan rings is 1. The molecule has 3 aromatic rings. The molecular formula is C17H15N5O5. The Morgan fingerprint density at radius 2 is 1.85 bits per heavy atom. The van der Waals surface area contributed by atoms with Gasteiger partial charge in [0.2, 0.25) is 0 Å². The lowest BCUT2D eigenvalue weighted by Gasteiger charge is -2.07. The number of rotatable bonds is 5. The molecule has 0 bridgehead atoms. The number of para-hydroxylation sites is 1. The van der Waals surface area contributed by atoms with Crippen molar-refractivity contribution in [1.29, 1.82) is 0 Å². The van der Waals surface area contributed by atoms with Gasteiger partial charge in [0.25, 0.3) is 17.7 Å². The van der Waals surface area contributed by atoms with Gasteiger partial charge >= 0.3 is 0 Å². The first-order valence-corrected chi connectivity index (χ1v) is 7.78. The molecule has 2 heterocycles. The first kappa shape index (κ1) is 17.7. The summed E-state index contributed by atoms with van der Waals surface area (Å²) in [4.78, 5) is 35.5. The fraction of sp³-hybridized carbons (Fsp3) is 0.0588. The van der Waals surface area contributed by atoms with E-state index in [1.807, 2.05) is 6.07 Å². The number of hydrogen-bond acceptors (Lipinski definition) is 6. The zero-order chi connectivity index (χ0) is 19.2. The van der Waals surface area contributed by atoms with Crippen LogP contribution in [0.1, 0.15) is 20.8 Å². The van der Waals surface area contributed by atoms with E-state index in [0.717, 1.165) is 0 Å². The third kappa shape index (κ3) is 4.31. The average Bonchev–Trinajstić information content (AvgIpc) is 3.35. The maximum absolute atomic E-state index is 12.1. The molecule has 0 radical (unpaired) electrons. The van der Waals surface area contributed by atoms with Gasteiger partial charge < -0.3 is 14.8 Å². The molecule has 138 valence electrons. The number of amides is 3. The molecule has 2 aromatic heterocycles. The number of benzene rings is 1. The molecule has 0 saturated heterocycles. The first-order chi connectivity index (χ1) is 13.0. The van der Waals surface area contributed by atoms with Crippen LogP contribution < -0.4 is 16.2 Å². The summed E-state index contributed by atoms with van der Waals surface area (Å²) >= 11 is 0. The number of carbonyl (C=O) groups is 3. The molecule has 0 atom stereocenters. The Kier molecular flexibility index (Phi) is 5.17. The fourth-order valence-corrected chi connectivity index (χ4v) is 2.13. The van der Waals surface area contributed by atoms with Gasteiger partial charge in [0.15, 0.2) is 11.4 Å². The van der Waals surface area contributed by atoms with E-state index in [4.69, 9.17) is 4.42 Å². The summed E-state index contributed by atoms with van der Waals surface area (Å²) < 4.78 is 6.10. The quantitative estimate of drug-likeness (QED) is 0.479. The zero-order valence-corrected chi connectivity index (χ0v) is 13.9. The molecule has 0 saturated carbocycles. The minimum Gasteiger partial charge on any atom is -0.504 e. The molecule has 10 nitrogen and oxygen atoms in total. The predicted octanol–water partition coefficient (Wildman–Crippen LogP) is 0.362. The van der Waals surface area contributed by atoms with E-state index in [2.05, 4.69) is 21.3 Å². The van der Waals surface area contributed by atoms with Crippen molar-refractivity contribution < 1.29 is 23.9 Å². The lowest BCUT2D eigenvalue weighted by Crippen LogP contribution is -2.46. The molecule has 0 aliphatic heterocycles. The van der Waals surface area contributed by atoms with Crippen LogP contribution in [0, 0.1) is 0 Å². The molecule has 10 heteroatoms. The summed E-state index contributed by atoms with van der Waals surface area (Å²) in [5, 5.41) is 16.2. The van der Waals surface area contributed by atoms with Crippen LogP contribution in [0.15, 0.2) is 59.5 Å². The average molecular weight is 369 g/mol. The highest BCUT2D eigenvalue weighted by molar-refractivity contribution is 5.98. The van der Waals surface area contributed by atoms with Crippen LogP contribution in [0.3, 0.4) is 0 Å². The number of nitrogens with zero attached hydrogens (tertiary/aromatic N) is 2. The van der Waals surface area contributed by atoms with E-state index in [0.29, 0.717) is 5.69 Å². The third-order valence-corrected chi connectivity index (χ3v) is 3.44. The van der Waals surface area contributed by atoms with Crippen molar-refractivity contribution >= 4 is 17.7 Å². The first-order valence-electron chi connectivity index (χ1n) is 7.78. The van der Waals surface area contributed by atoms with Crippen molar-refractivity contribution in [3.8, 4) is 11.4 Å². The molecule has 0 fully saturated rings. The van der Waals surface area contributed by atoms with Gasteiger partial charge in [-0.2, -0.15) is 5.10 Å². The standard InChI is InChI=1S/C17H15N5O5/c23-13-9-22(12-4-2-1-3-5-12)21-15(13)17(26)20-19-14(24)8-18-16(25)11-6-7-27-10-11/h1-7,9-10,23H,8H2,(H,18,25)(H,19,24)(H,20,26). The fourth-order valence-electron chi connectivity index (χ4n) is 2.13. The molecular weight excluding hydrogens is 354 g/mol. The van der Waals surface area contributed by atoms with Gasteiger partial charge in [0.05, 0.1) is 30.3 Å². The Hall–Kier alpha value is -4.08. The second-order valence-corrected chi connectivity index (χ2v) is 5.34. The molecule has 3 amide bonds. The maximum atomic E-state index is 12.1. The van der Waals surface area contributed by atoms with Crippen molar-refractivity contribution in [1.82, 2.24) is 25.9 Å². The van der Waals surface area contributed by atoms with Crippen LogP contribution in [0.5, 0.6) is 5.75 Å². The normalized spacial score (nSPS) is 10.2. The molecule has 4 N–H and O–H groups in total. The lowest BCUT2D eigenvalue weighted by molar-refractivity contribution is -0.120. The molecule has 0 aliphatic rings. The third-order valence-electron chi connectivity index (χ3n) is 3.44. The highest BCUT2D eigenvalue weighted by Crippen LogP contribution is 2.17. The number of carbonyl (C=O) groups excluding carboxylic acids is 3. The van der Waals surface area contributed by atoms with Crippen molar-refractivity contribution in [2.75, 3.05) is 6.54 Å². The van der Waals surface area contributed by atoms with Crippen molar-refractivity contribution in [2.45, 2.75) is 0 Å². The van der Waals surface area contributed by atoms with E-state index in [1.54, 1.807) is 24.3 Å². The molecule has 0 aliphatic carbocycles. The minimum absolute atomic E-state index is 0.262. The highest BCUT2D eigenvalue weighted by atomic mass is 16.3. The zero-order valence-electron chi connectivity index (χ0n) is 13.9. The van der Waals surface area contributed by atoms with Crippen LogP contribution >= 0.6 is 0 Å². The monoisotopic (exact) mass is 369 g/mol. The van der Waals surface area contributed by atoms with Crippen LogP contribution in [0.25, 0.3) is 5.69 Å². The van der Waals surface area contributed by atoms with E-state index in [1.165, 1.54) is 29.5 Å². The summed E-state index contributed by atoms with van der Waals surface area (Å²) in [6.07, 6.45) is 3.84. The van der Waals surface area contributed by atoms with E-state index < -0.39 is 17.7 Å². The van der Waals surface area contributed by atoms with E-state index >= 15 is 0 Å². The highest BCUT2D eigenvalue weighted by Gasteiger charge is 2.18. The van der Waals surface area contributed by atoms with Crippen molar-refractivity contribution in [2.24, 2.45) is 0 Å². The summed E-state index contributed by atoms with van der Waals surface area (Å²) in [6, 6.07) is 10.3. The summed E-state index contributed by atoms with van der Waals surface area (Å²) in [6.45, 7) is -0.366. The maximum Gasteiger partial charge on any atom is 0.294 e. The van der Waals surface area contributed by atoms with Gasteiger partial charge in [0, 0.05) is 0 Å². The smallest absolute Gasteiger partial charge is 0.294 e.